The van der Waals surface area contributed by atoms with E-state index in [9.17, 15) is 4.79 Å². The highest BCUT2D eigenvalue weighted by Gasteiger charge is 2.29. The van der Waals surface area contributed by atoms with Crippen LogP contribution in [0.5, 0.6) is 0 Å². The van der Waals surface area contributed by atoms with E-state index in [-0.39, 0.29) is 11.9 Å². The largest absolute Gasteiger partial charge is 0.368 e. The van der Waals surface area contributed by atoms with Gasteiger partial charge in [-0.2, -0.15) is 0 Å². The molecule has 2 aromatic rings. The lowest BCUT2D eigenvalue weighted by Crippen LogP contribution is -2.51. The Bertz CT molecular complexity index is 902. The van der Waals surface area contributed by atoms with Gasteiger partial charge in [0.15, 0.2) is 0 Å². The minimum absolute atomic E-state index is 0.121. The van der Waals surface area contributed by atoms with E-state index in [4.69, 9.17) is 17.3 Å². The molecule has 3 rings (SSSR count). The van der Waals surface area contributed by atoms with Gasteiger partial charge in [-0.25, -0.2) is 0 Å². The second-order valence-corrected chi connectivity index (χ2v) is 11.4. The van der Waals surface area contributed by atoms with E-state index in [0.29, 0.717) is 17.9 Å². The summed E-state index contributed by atoms with van der Waals surface area (Å²) in [4.78, 5) is 17.4. The van der Waals surface area contributed by atoms with Crippen molar-refractivity contribution in [2.24, 2.45) is 17.6 Å². The molecule has 192 valence electrons. The Hall–Kier alpha value is -2.04. The molecule has 2 aromatic carbocycles. The summed E-state index contributed by atoms with van der Waals surface area (Å²) < 4.78 is 0. The summed E-state index contributed by atoms with van der Waals surface area (Å²) >= 11 is 6.01. The number of rotatable bonds is 11. The molecular formula is C30H44ClN3O. The van der Waals surface area contributed by atoms with Crippen molar-refractivity contribution >= 4 is 23.2 Å². The van der Waals surface area contributed by atoms with E-state index in [2.05, 4.69) is 69.0 Å². The number of carbonyl (C=O) groups excluding carboxylic acids is 1. The second-order valence-electron chi connectivity index (χ2n) is 11.0. The predicted molar refractivity (Wildman–Crippen MR) is 149 cm³/mol. The van der Waals surface area contributed by atoms with Crippen LogP contribution in [0.15, 0.2) is 48.5 Å². The number of halogens is 1. The van der Waals surface area contributed by atoms with Crippen molar-refractivity contribution < 1.29 is 4.79 Å². The Morgan fingerprint density at radius 1 is 0.943 bits per heavy atom. The Morgan fingerprint density at radius 2 is 1.49 bits per heavy atom. The van der Waals surface area contributed by atoms with Crippen molar-refractivity contribution in [1.82, 2.24) is 4.90 Å². The molecule has 1 unspecified atom stereocenters. The molecule has 1 atom stereocenters. The van der Waals surface area contributed by atoms with Gasteiger partial charge in [-0.05, 0) is 85.8 Å². The van der Waals surface area contributed by atoms with E-state index in [1.165, 1.54) is 16.8 Å². The zero-order chi connectivity index (χ0) is 25.4. The molecule has 5 heteroatoms. The second kappa shape index (κ2) is 13.3. The van der Waals surface area contributed by atoms with Gasteiger partial charge in [-0.15, -0.1) is 0 Å². The number of likely N-dealkylation sites (tertiary alicyclic amines) is 1. The summed E-state index contributed by atoms with van der Waals surface area (Å²) in [6, 6.07) is 17.3. The van der Waals surface area contributed by atoms with E-state index in [1.54, 1.807) is 0 Å². The molecule has 1 fully saturated rings. The molecule has 0 aromatic heterocycles. The van der Waals surface area contributed by atoms with Crippen molar-refractivity contribution in [3.05, 3.63) is 64.7 Å². The number of hydrogen-bond donors (Lipinski definition) is 1. The highest BCUT2D eigenvalue weighted by Crippen LogP contribution is 2.26. The van der Waals surface area contributed by atoms with Crippen LogP contribution in [0.1, 0.15) is 64.5 Å². The monoisotopic (exact) mass is 497 g/mol. The third kappa shape index (κ3) is 8.54. The molecule has 1 saturated heterocycles. The van der Waals surface area contributed by atoms with Crippen molar-refractivity contribution in [2.75, 3.05) is 24.5 Å². The predicted octanol–water partition coefficient (Wildman–Crippen LogP) is 6.34. The Labute approximate surface area is 217 Å². The van der Waals surface area contributed by atoms with E-state index in [1.807, 2.05) is 17.0 Å². The van der Waals surface area contributed by atoms with Crippen LogP contribution in [0.4, 0.5) is 5.69 Å². The summed E-state index contributed by atoms with van der Waals surface area (Å²) in [7, 11) is 0. The highest BCUT2D eigenvalue weighted by molar-refractivity contribution is 6.30. The molecular weight excluding hydrogens is 454 g/mol. The molecule has 0 spiro atoms. The highest BCUT2D eigenvalue weighted by atomic mass is 35.5. The van der Waals surface area contributed by atoms with Gasteiger partial charge in [0.05, 0.1) is 6.04 Å². The molecule has 0 radical (unpaired) electrons. The molecule has 35 heavy (non-hydrogen) atoms. The average molecular weight is 498 g/mol. The zero-order valence-corrected chi connectivity index (χ0v) is 22.8. The number of carbonyl (C=O) groups is 1. The SMILES string of the molecule is CC(C)CCN(c1ccc(CCc2ccc(Cl)cc2)cc1)C1CCN(C(=O)C(N)CC(C)C)CC1. The van der Waals surface area contributed by atoms with Crippen molar-refractivity contribution in [3.63, 3.8) is 0 Å². The fourth-order valence-corrected chi connectivity index (χ4v) is 5.08. The summed E-state index contributed by atoms with van der Waals surface area (Å²) in [6.07, 6.45) is 5.94. The van der Waals surface area contributed by atoms with Crippen LogP contribution in [0.3, 0.4) is 0 Å². The lowest BCUT2D eigenvalue weighted by atomic mass is 9.98. The van der Waals surface area contributed by atoms with Gasteiger partial charge in [-0.3, -0.25) is 4.79 Å². The third-order valence-corrected chi connectivity index (χ3v) is 7.34. The van der Waals surface area contributed by atoms with Crippen LogP contribution >= 0.6 is 11.6 Å². The quantitative estimate of drug-likeness (QED) is 0.394. The number of piperidine rings is 1. The Kier molecular flexibility index (Phi) is 10.5. The Balaban J connectivity index is 1.61. The van der Waals surface area contributed by atoms with Crippen LogP contribution < -0.4 is 10.6 Å². The normalized spacial score (nSPS) is 15.6. The number of hydrogen-bond acceptors (Lipinski definition) is 3. The number of aryl methyl sites for hydroxylation is 2. The molecule has 4 nitrogen and oxygen atoms in total. The maximum absolute atomic E-state index is 12.8. The van der Waals surface area contributed by atoms with Crippen molar-refractivity contribution in [3.8, 4) is 0 Å². The van der Waals surface area contributed by atoms with Gasteiger partial charge in [0.25, 0.3) is 0 Å². The summed E-state index contributed by atoms with van der Waals surface area (Å²) in [5, 5.41) is 0.785. The summed E-state index contributed by atoms with van der Waals surface area (Å²) in [6.45, 7) is 11.5. The molecule has 0 bridgehead atoms. The summed E-state index contributed by atoms with van der Waals surface area (Å²) in [5.41, 5.74) is 10.1. The van der Waals surface area contributed by atoms with Gasteiger partial charge in [0.1, 0.15) is 0 Å². The molecule has 0 aliphatic carbocycles. The minimum Gasteiger partial charge on any atom is -0.368 e. The van der Waals surface area contributed by atoms with Gasteiger partial charge in [0, 0.05) is 36.4 Å². The minimum atomic E-state index is -0.371. The first-order valence-electron chi connectivity index (χ1n) is 13.4. The average Bonchev–Trinajstić information content (AvgIpc) is 2.84. The van der Waals surface area contributed by atoms with Gasteiger partial charge in [-0.1, -0.05) is 63.6 Å². The van der Waals surface area contributed by atoms with E-state index < -0.39 is 0 Å². The van der Waals surface area contributed by atoms with Crippen LogP contribution in [0.2, 0.25) is 5.02 Å². The number of nitrogens with two attached hydrogens (primary N) is 1. The number of nitrogens with zero attached hydrogens (tertiary/aromatic N) is 2. The topological polar surface area (TPSA) is 49.6 Å². The van der Waals surface area contributed by atoms with Crippen LogP contribution in [0.25, 0.3) is 0 Å². The molecule has 1 amide bonds. The first-order valence-corrected chi connectivity index (χ1v) is 13.7. The lowest BCUT2D eigenvalue weighted by molar-refractivity contribution is -0.134. The maximum Gasteiger partial charge on any atom is 0.239 e. The molecule has 1 aliphatic rings. The van der Waals surface area contributed by atoms with E-state index >= 15 is 0 Å². The van der Waals surface area contributed by atoms with Crippen LogP contribution in [-0.2, 0) is 17.6 Å². The Morgan fingerprint density at radius 3 is 2.00 bits per heavy atom. The summed E-state index contributed by atoms with van der Waals surface area (Å²) in [5.74, 6) is 1.22. The standard InChI is InChI=1S/C30H44ClN3O/c1-22(2)15-20-34(28-16-18-33(19-17-28)30(35)29(32)21-23(3)4)27-13-9-25(10-14-27)6-5-24-7-11-26(31)12-8-24/h7-14,22-23,28-29H,5-6,15-21,32H2,1-4H3. The zero-order valence-electron chi connectivity index (χ0n) is 22.1. The maximum atomic E-state index is 12.8. The van der Waals surface area contributed by atoms with Crippen molar-refractivity contribution in [2.45, 2.75) is 78.3 Å². The van der Waals surface area contributed by atoms with Gasteiger partial charge in [0.2, 0.25) is 5.91 Å². The number of anilines is 1. The fourth-order valence-electron chi connectivity index (χ4n) is 4.95. The van der Waals surface area contributed by atoms with Crippen molar-refractivity contribution in [1.29, 1.82) is 0 Å². The number of benzene rings is 2. The van der Waals surface area contributed by atoms with Gasteiger partial charge >= 0.3 is 0 Å². The molecule has 0 saturated carbocycles. The lowest BCUT2D eigenvalue weighted by Gasteiger charge is -2.41. The molecule has 1 heterocycles. The van der Waals surface area contributed by atoms with E-state index in [0.717, 1.165) is 63.2 Å². The van der Waals surface area contributed by atoms with Gasteiger partial charge < -0.3 is 15.5 Å². The molecule has 1 aliphatic heterocycles. The number of amides is 1. The van der Waals surface area contributed by atoms with Crippen LogP contribution in [-0.4, -0.2) is 42.5 Å². The van der Waals surface area contributed by atoms with Crippen LogP contribution in [0, 0.1) is 11.8 Å². The smallest absolute Gasteiger partial charge is 0.239 e. The third-order valence-electron chi connectivity index (χ3n) is 7.09. The fraction of sp³-hybridized carbons (Fsp3) is 0.567. The first kappa shape index (κ1) is 27.5. The molecule has 2 N–H and O–H groups in total. The first-order chi connectivity index (χ1) is 16.7.